The average molecular weight is 301 g/mol. The van der Waals surface area contributed by atoms with Gasteiger partial charge in [0, 0.05) is 0 Å². The number of nitrogens with one attached hydrogen (secondary N) is 1. The van der Waals surface area contributed by atoms with E-state index in [-0.39, 0.29) is 5.75 Å². The summed E-state index contributed by atoms with van der Waals surface area (Å²) in [7, 11) is 0. The van der Waals surface area contributed by atoms with E-state index >= 15 is 0 Å². The largest absolute Gasteiger partial charge is 0.543 e. The summed E-state index contributed by atoms with van der Waals surface area (Å²) in [5, 5.41) is 0. The highest BCUT2D eigenvalue weighted by atomic mass is 79.9. The van der Waals surface area contributed by atoms with Gasteiger partial charge >= 0.3 is 12.5 Å². The third kappa shape index (κ3) is 4.94. The Labute approximate surface area is 95.6 Å². The van der Waals surface area contributed by atoms with Gasteiger partial charge in [0.1, 0.15) is 4.60 Å². The monoisotopic (exact) mass is 300 g/mol. The number of ether oxygens (including phenoxy) is 1. The zero-order valence-electron chi connectivity index (χ0n) is 7.42. The fourth-order valence-electron chi connectivity index (χ4n) is 0.650. The predicted octanol–water partition coefficient (Wildman–Crippen LogP) is 2.38. The molecule has 1 aromatic heterocycles. The molecule has 0 aromatic carbocycles. The van der Waals surface area contributed by atoms with E-state index in [1.807, 2.05) is 0 Å². The second-order valence-electron chi connectivity index (χ2n) is 2.36. The van der Waals surface area contributed by atoms with Crippen LogP contribution < -0.4 is 10.2 Å². The molecule has 0 saturated carbocycles. The zero-order valence-corrected chi connectivity index (χ0v) is 9.00. The van der Waals surface area contributed by atoms with Crippen LogP contribution in [0.3, 0.4) is 0 Å². The average Bonchev–Trinajstić information content (AvgIpc) is 2.18. The van der Waals surface area contributed by atoms with Crippen molar-refractivity contribution in [1.29, 1.82) is 0 Å². The van der Waals surface area contributed by atoms with Crippen LogP contribution in [0, 0.1) is 0 Å². The maximum Gasteiger partial charge on any atom is 0.543 e. The molecule has 0 unspecified atom stereocenters. The smallest absolute Gasteiger partial charge is 0.407 e. The lowest BCUT2D eigenvalue weighted by Gasteiger charge is -2.08. The molecule has 1 rings (SSSR count). The molecule has 1 N–H and O–H groups in total. The van der Waals surface area contributed by atoms with Gasteiger partial charge in [-0.25, -0.2) is 9.78 Å². The molecule has 16 heavy (non-hydrogen) atoms. The van der Waals surface area contributed by atoms with Crippen molar-refractivity contribution in [3.8, 4) is 5.75 Å². The van der Waals surface area contributed by atoms with E-state index in [2.05, 4.69) is 30.5 Å². The van der Waals surface area contributed by atoms with E-state index in [4.69, 9.17) is 0 Å². The number of nitrogens with zero attached hydrogens (tertiary/aromatic N) is 1. The Bertz CT molecular complexity index is 368. The molecule has 1 amide bonds. The number of rotatable bonds is 2. The molecule has 0 radical (unpaired) electrons. The lowest BCUT2D eigenvalue weighted by Crippen LogP contribution is -2.33. The number of amides is 1. The quantitative estimate of drug-likeness (QED) is 0.673. The third-order valence-electron chi connectivity index (χ3n) is 1.16. The molecule has 0 aliphatic rings. The second-order valence-corrected chi connectivity index (χ2v) is 3.17. The molecule has 0 saturated heterocycles. The molecule has 0 atom stereocenters. The molecule has 0 aliphatic carbocycles. The van der Waals surface area contributed by atoms with Crippen LogP contribution in [0.4, 0.5) is 18.0 Å². The summed E-state index contributed by atoms with van der Waals surface area (Å²) in [6, 6.07) is 2.79. The molecule has 1 heterocycles. The molecule has 5 nitrogen and oxygen atoms in total. The van der Waals surface area contributed by atoms with Crippen molar-refractivity contribution in [2.24, 2.45) is 0 Å². The van der Waals surface area contributed by atoms with Gasteiger partial charge in [-0.15, -0.1) is 13.2 Å². The Hall–Kier alpha value is -1.35. The molecule has 88 valence electrons. The van der Waals surface area contributed by atoms with Crippen LogP contribution in [-0.4, -0.2) is 17.4 Å². The number of carbonyl (C=O) groups excluding carboxylic acids is 1. The fraction of sp³-hybridized carbons (Fsp3) is 0.143. The topological polar surface area (TPSA) is 60.5 Å². The number of alkyl halides is 3. The minimum absolute atomic E-state index is 0.0218. The van der Waals surface area contributed by atoms with Crippen molar-refractivity contribution >= 4 is 22.0 Å². The Balaban J connectivity index is 2.43. The van der Waals surface area contributed by atoms with Crippen molar-refractivity contribution in [3.05, 3.63) is 22.9 Å². The summed E-state index contributed by atoms with van der Waals surface area (Å²) in [6.45, 7) is 0. The minimum atomic E-state index is -4.96. The van der Waals surface area contributed by atoms with Gasteiger partial charge in [0.05, 0.1) is 6.20 Å². The van der Waals surface area contributed by atoms with E-state index in [0.29, 0.717) is 4.60 Å². The van der Waals surface area contributed by atoms with E-state index in [1.54, 1.807) is 0 Å². The van der Waals surface area contributed by atoms with Crippen molar-refractivity contribution < 1.29 is 27.5 Å². The highest BCUT2D eigenvalue weighted by Gasteiger charge is 2.31. The first-order valence-corrected chi connectivity index (χ1v) is 4.50. The molecule has 9 heteroatoms. The Morgan fingerprint density at radius 1 is 1.44 bits per heavy atom. The summed E-state index contributed by atoms with van der Waals surface area (Å²) in [6.07, 6.45) is -5.21. The summed E-state index contributed by atoms with van der Waals surface area (Å²) in [4.78, 5) is 17.5. The highest BCUT2D eigenvalue weighted by molar-refractivity contribution is 9.10. The molecule has 1 aromatic rings. The minimum Gasteiger partial charge on any atom is -0.407 e. The lowest BCUT2D eigenvalue weighted by molar-refractivity contribution is -0.344. The molecular formula is C7H4BrF3N2O3. The predicted molar refractivity (Wildman–Crippen MR) is 48.2 cm³/mol. The molecule has 0 fully saturated rings. The molecule has 0 bridgehead atoms. The van der Waals surface area contributed by atoms with Crippen molar-refractivity contribution in [3.63, 3.8) is 0 Å². The van der Waals surface area contributed by atoms with Crippen LogP contribution >= 0.6 is 15.9 Å². The van der Waals surface area contributed by atoms with E-state index in [9.17, 15) is 18.0 Å². The fourth-order valence-corrected chi connectivity index (χ4v) is 0.885. The number of carbonyl (C=O) groups is 1. The van der Waals surface area contributed by atoms with Crippen LogP contribution in [-0.2, 0) is 4.84 Å². The maximum atomic E-state index is 11.5. The summed E-state index contributed by atoms with van der Waals surface area (Å²) >= 11 is 3.03. The standard InChI is InChI=1S/C7H4BrF3N2O3/c8-5-2-1-4(3-12-5)15-6(14)13-16-7(9,10)11/h1-3H,(H,13,14). The van der Waals surface area contributed by atoms with Crippen molar-refractivity contribution in [2.45, 2.75) is 6.36 Å². The van der Waals surface area contributed by atoms with E-state index in [1.165, 1.54) is 12.1 Å². The van der Waals surface area contributed by atoms with Gasteiger partial charge < -0.3 is 4.74 Å². The van der Waals surface area contributed by atoms with Gasteiger partial charge in [-0.2, -0.15) is 10.3 Å². The van der Waals surface area contributed by atoms with Gasteiger partial charge in [0.25, 0.3) is 0 Å². The number of hydroxylamine groups is 1. The van der Waals surface area contributed by atoms with Gasteiger partial charge in [0.2, 0.25) is 0 Å². The number of pyridine rings is 1. The summed E-state index contributed by atoms with van der Waals surface area (Å²) < 4.78 is 39.4. The number of hydrogen-bond acceptors (Lipinski definition) is 4. The summed E-state index contributed by atoms with van der Waals surface area (Å²) in [5.74, 6) is -0.0218. The SMILES string of the molecule is O=C(NOC(F)(F)F)Oc1ccc(Br)nc1. The van der Waals surface area contributed by atoms with Gasteiger partial charge in [-0.05, 0) is 28.1 Å². The first kappa shape index (κ1) is 12.7. The first-order valence-electron chi connectivity index (χ1n) is 3.71. The van der Waals surface area contributed by atoms with Crippen LogP contribution in [0.2, 0.25) is 0 Å². The Morgan fingerprint density at radius 2 is 2.12 bits per heavy atom. The maximum absolute atomic E-state index is 11.5. The number of aromatic nitrogens is 1. The second kappa shape index (κ2) is 5.12. The Morgan fingerprint density at radius 3 is 2.62 bits per heavy atom. The van der Waals surface area contributed by atoms with Crippen LogP contribution in [0.15, 0.2) is 22.9 Å². The molecular weight excluding hydrogens is 297 g/mol. The molecule has 0 spiro atoms. The van der Waals surface area contributed by atoms with Crippen molar-refractivity contribution in [1.82, 2.24) is 10.5 Å². The van der Waals surface area contributed by atoms with Crippen LogP contribution in [0.1, 0.15) is 0 Å². The number of hydrogen-bond donors (Lipinski definition) is 1. The first-order chi connectivity index (χ1) is 7.37. The summed E-state index contributed by atoms with van der Waals surface area (Å²) in [5.41, 5.74) is 1.06. The normalized spacial score (nSPS) is 11.0. The van der Waals surface area contributed by atoms with Crippen molar-refractivity contribution in [2.75, 3.05) is 0 Å². The molecule has 0 aliphatic heterocycles. The van der Waals surface area contributed by atoms with Gasteiger partial charge in [-0.1, -0.05) is 0 Å². The van der Waals surface area contributed by atoms with E-state index < -0.39 is 12.5 Å². The number of halogens is 4. The van der Waals surface area contributed by atoms with Gasteiger partial charge in [0.15, 0.2) is 5.75 Å². The van der Waals surface area contributed by atoms with Gasteiger partial charge in [-0.3, -0.25) is 0 Å². The zero-order chi connectivity index (χ0) is 12.2. The lowest BCUT2D eigenvalue weighted by atomic mass is 10.5. The Kier molecular flexibility index (Phi) is 4.07. The third-order valence-corrected chi connectivity index (χ3v) is 1.63. The highest BCUT2D eigenvalue weighted by Crippen LogP contribution is 2.15. The van der Waals surface area contributed by atoms with Crippen LogP contribution in [0.5, 0.6) is 5.75 Å². The van der Waals surface area contributed by atoms with Crippen LogP contribution in [0.25, 0.3) is 0 Å². The van der Waals surface area contributed by atoms with E-state index in [0.717, 1.165) is 11.7 Å².